The van der Waals surface area contributed by atoms with Crippen molar-refractivity contribution in [3.8, 4) is 0 Å². The van der Waals surface area contributed by atoms with Gasteiger partial charge in [0.05, 0.1) is 0 Å². The average Bonchev–Trinajstić information content (AvgIpc) is 2.57. The van der Waals surface area contributed by atoms with Crippen LogP contribution in [0.25, 0.3) is 10.9 Å². The molecule has 0 amide bonds. The zero-order valence-corrected chi connectivity index (χ0v) is 9.99. The molecular weight excluding hydrogens is 222 g/mol. The molecule has 1 heterocycles. The summed E-state index contributed by atoms with van der Waals surface area (Å²) in [5.41, 5.74) is 1.13. The zero-order chi connectivity index (χ0) is 11.7. The van der Waals surface area contributed by atoms with Crippen LogP contribution in [-0.4, -0.2) is 20.9 Å². The van der Waals surface area contributed by atoms with Crippen LogP contribution in [0.15, 0.2) is 35.4 Å². The topological polar surface area (TPSA) is 42.2 Å². The predicted octanol–water partition coefficient (Wildman–Crippen LogP) is 2.74. The van der Waals surface area contributed by atoms with Gasteiger partial charge in [-0.25, -0.2) is 0 Å². The van der Waals surface area contributed by atoms with Gasteiger partial charge in [0.1, 0.15) is 5.25 Å². The van der Waals surface area contributed by atoms with Crippen molar-refractivity contribution in [2.45, 2.75) is 17.1 Å². The second-order valence-electron chi connectivity index (χ2n) is 3.72. The van der Waals surface area contributed by atoms with Crippen LogP contribution >= 0.6 is 11.8 Å². The molecule has 1 aromatic heterocycles. The van der Waals surface area contributed by atoms with Crippen LogP contribution in [0.3, 0.4) is 0 Å². The third-order valence-electron chi connectivity index (χ3n) is 2.51. The van der Waals surface area contributed by atoms with E-state index in [9.17, 15) is 4.79 Å². The Balaban J connectivity index is 2.42. The number of benzene rings is 1. The first kappa shape index (κ1) is 11.1. The number of hydrogen-bond acceptors (Lipinski definition) is 2. The molecule has 0 saturated carbocycles. The van der Waals surface area contributed by atoms with E-state index in [1.165, 1.54) is 11.8 Å². The third kappa shape index (κ3) is 1.93. The largest absolute Gasteiger partial charge is 0.480 e. The lowest BCUT2D eigenvalue weighted by Gasteiger charge is -2.03. The fourth-order valence-electron chi connectivity index (χ4n) is 1.64. The van der Waals surface area contributed by atoms with Crippen molar-refractivity contribution in [3.63, 3.8) is 0 Å². The summed E-state index contributed by atoms with van der Waals surface area (Å²) in [6.45, 7) is 1.70. The molecule has 4 heteroatoms. The van der Waals surface area contributed by atoms with Crippen LogP contribution in [0, 0.1) is 0 Å². The SMILES string of the molecule is CC(Sc1cn(C)c2ccccc12)C(=O)O. The lowest BCUT2D eigenvalue weighted by Crippen LogP contribution is -2.10. The van der Waals surface area contributed by atoms with Crippen LogP contribution in [0.1, 0.15) is 6.92 Å². The van der Waals surface area contributed by atoms with E-state index in [-0.39, 0.29) is 0 Å². The molecule has 0 aliphatic heterocycles. The van der Waals surface area contributed by atoms with E-state index >= 15 is 0 Å². The first-order valence-corrected chi connectivity index (χ1v) is 5.91. The van der Waals surface area contributed by atoms with Crippen molar-refractivity contribution in [1.29, 1.82) is 0 Å². The normalized spacial score (nSPS) is 12.9. The number of carbonyl (C=O) groups is 1. The van der Waals surface area contributed by atoms with Gasteiger partial charge in [0.15, 0.2) is 0 Å². The molecule has 0 bridgehead atoms. The van der Waals surface area contributed by atoms with E-state index in [1.807, 2.05) is 42.1 Å². The molecule has 16 heavy (non-hydrogen) atoms. The number of aromatic nitrogens is 1. The maximum Gasteiger partial charge on any atom is 0.316 e. The lowest BCUT2D eigenvalue weighted by molar-refractivity contribution is -0.136. The first-order valence-electron chi connectivity index (χ1n) is 5.03. The minimum absolute atomic E-state index is 0.425. The number of carboxylic acid groups (broad SMARTS) is 1. The summed E-state index contributed by atoms with van der Waals surface area (Å²) in [4.78, 5) is 11.8. The Morgan fingerprint density at radius 2 is 2.12 bits per heavy atom. The summed E-state index contributed by atoms with van der Waals surface area (Å²) >= 11 is 1.38. The molecule has 0 spiro atoms. The van der Waals surface area contributed by atoms with Crippen molar-refractivity contribution in [3.05, 3.63) is 30.5 Å². The molecule has 2 aromatic rings. The van der Waals surface area contributed by atoms with Crippen molar-refractivity contribution in [2.75, 3.05) is 0 Å². The van der Waals surface area contributed by atoms with Crippen LogP contribution < -0.4 is 0 Å². The lowest BCUT2D eigenvalue weighted by atomic mass is 10.2. The molecule has 0 aliphatic carbocycles. The number of aliphatic carboxylic acids is 1. The Morgan fingerprint density at radius 3 is 2.81 bits per heavy atom. The van der Waals surface area contributed by atoms with E-state index < -0.39 is 11.2 Å². The first-order chi connectivity index (χ1) is 7.59. The second-order valence-corrected chi connectivity index (χ2v) is 5.10. The maximum atomic E-state index is 10.8. The van der Waals surface area contributed by atoms with Crippen molar-refractivity contribution in [1.82, 2.24) is 4.57 Å². The molecule has 0 saturated heterocycles. The van der Waals surface area contributed by atoms with Crippen molar-refractivity contribution in [2.24, 2.45) is 7.05 Å². The smallest absolute Gasteiger partial charge is 0.316 e. The Kier molecular flexibility index (Phi) is 2.92. The van der Waals surface area contributed by atoms with E-state index in [0.29, 0.717) is 0 Å². The number of carboxylic acids is 1. The van der Waals surface area contributed by atoms with E-state index in [1.54, 1.807) is 6.92 Å². The second kappa shape index (κ2) is 4.22. The van der Waals surface area contributed by atoms with E-state index in [2.05, 4.69) is 0 Å². The molecule has 0 fully saturated rings. The highest BCUT2D eigenvalue weighted by molar-refractivity contribution is 8.00. The van der Waals surface area contributed by atoms with Crippen LogP contribution in [0.2, 0.25) is 0 Å². The molecule has 0 radical (unpaired) electrons. The molecule has 1 unspecified atom stereocenters. The molecule has 0 aliphatic rings. The minimum atomic E-state index is -0.780. The third-order valence-corrected chi connectivity index (χ3v) is 3.65. The van der Waals surface area contributed by atoms with Gasteiger partial charge in [-0.15, -0.1) is 11.8 Å². The number of para-hydroxylation sites is 1. The summed E-state index contributed by atoms with van der Waals surface area (Å²) in [7, 11) is 1.97. The molecule has 1 N–H and O–H groups in total. The highest BCUT2D eigenvalue weighted by Gasteiger charge is 2.15. The van der Waals surface area contributed by atoms with Gasteiger partial charge in [-0.1, -0.05) is 18.2 Å². The number of nitrogens with zero attached hydrogens (tertiary/aromatic N) is 1. The standard InChI is InChI=1S/C12H13NO2S/c1-8(12(14)15)16-11-7-13(2)10-6-4-3-5-9(10)11/h3-8H,1-2H3,(H,14,15). The van der Waals surface area contributed by atoms with Gasteiger partial charge in [0.25, 0.3) is 0 Å². The Labute approximate surface area is 98.1 Å². The van der Waals surface area contributed by atoms with Crippen LogP contribution in [0.5, 0.6) is 0 Å². The number of aryl methyl sites for hydroxylation is 1. The summed E-state index contributed by atoms with van der Waals surface area (Å²) < 4.78 is 2.02. The van der Waals surface area contributed by atoms with Crippen LogP contribution in [-0.2, 0) is 11.8 Å². The van der Waals surface area contributed by atoms with E-state index in [4.69, 9.17) is 5.11 Å². The molecule has 1 atom stereocenters. The van der Waals surface area contributed by atoms with Gasteiger partial charge in [0.2, 0.25) is 0 Å². The highest BCUT2D eigenvalue weighted by atomic mass is 32.2. The quantitative estimate of drug-likeness (QED) is 0.832. The summed E-state index contributed by atoms with van der Waals surface area (Å²) in [5, 5.41) is 9.58. The molecular formula is C12H13NO2S. The minimum Gasteiger partial charge on any atom is -0.480 e. The Bertz CT molecular complexity index is 533. The number of fused-ring (bicyclic) bond motifs is 1. The number of rotatable bonds is 3. The molecule has 3 nitrogen and oxygen atoms in total. The van der Waals surface area contributed by atoms with Crippen LogP contribution in [0.4, 0.5) is 0 Å². The van der Waals surface area contributed by atoms with Crippen molar-refractivity contribution >= 4 is 28.6 Å². The number of hydrogen-bond donors (Lipinski definition) is 1. The van der Waals surface area contributed by atoms with Gasteiger partial charge in [-0.2, -0.15) is 0 Å². The van der Waals surface area contributed by atoms with E-state index in [0.717, 1.165) is 15.8 Å². The summed E-state index contributed by atoms with van der Waals surface area (Å²) in [6.07, 6.45) is 1.98. The fraction of sp³-hybridized carbons (Fsp3) is 0.250. The maximum absolute atomic E-state index is 10.8. The zero-order valence-electron chi connectivity index (χ0n) is 9.18. The monoisotopic (exact) mass is 235 g/mol. The Morgan fingerprint density at radius 1 is 1.44 bits per heavy atom. The summed E-state index contributed by atoms with van der Waals surface area (Å²) in [6, 6.07) is 8.01. The molecule has 2 rings (SSSR count). The fourth-order valence-corrected chi connectivity index (χ4v) is 2.64. The summed E-state index contributed by atoms with van der Waals surface area (Å²) in [5.74, 6) is -0.780. The Hall–Kier alpha value is -1.42. The average molecular weight is 235 g/mol. The highest BCUT2D eigenvalue weighted by Crippen LogP contribution is 2.31. The molecule has 84 valence electrons. The number of thioether (sulfide) groups is 1. The van der Waals surface area contributed by atoms with Gasteiger partial charge in [-0.05, 0) is 13.0 Å². The van der Waals surface area contributed by atoms with Gasteiger partial charge in [-0.3, -0.25) is 4.79 Å². The molecule has 1 aromatic carbocycles. The van der Waals surface area contributed by atoms with Gasteiger partial charge in [0, 0.05) is 29.0 Å². The predicted molar refractivity (Wildman–Crippen MR) is 65.9 cm³/mol. The van der Waals surface area contributed by atoms with Crippen molar-refractivity contribution < 1.29 is 9.90 Å². The van der Waals surface area contributed by atoms with Gasteiger partial charge >= 0.3 is 5.97 Å². The van der Waals surface area contributed by atoms with Gasteiger partial charge < -0.3 is 9.67 Å².